The quantitative estimate of drug-likeness (QED) is 0.0778. The number of benzene rings is 1. The molecule has 0 radical (unpaired) electrons. The minimum atomic E-state index is -4.84. The van der Waals surface area contributed by atoms with Gasteiger partial charge in [0.05, 0.1) is 12.5 Å². The zero-order chi connectivity index (χ0) is 28.7. The first-order valence-corrected chi connectivity index (χ1v) is 15.5. The number of hydrogen-bond donors (Lipinski definition) is 3. The van der Waals surface area contributed by atoms with Crippen LogP contribution in [0.25, 0.3) is 0 Å². The topological polar surface area (TPSA) is 138 Å². The fourth-order valence-corrected chi connectivity index (χ4v) is 4.61. The molecule has 8 nitrogen and oxygen atoms in total. The Morgan fingerprint density at radius 3 is 1.59 bits per heavy atom. The Morgan fingerprint density at radius 1 is 0.821 bits per heavy atom. The SMILES string of the molecule is O=C(O)CC(C(=O)O)S(=O)(=O)O.[CH2-]CC(CCCCCCCCCCCCCCCC)Oc1ccccc1.[K+]. The van der Waals surface area contributed by atoms with E-state index in [1.54, 1.807) is 0 Å². The number of carboxylic acids is 2. The fraction of sp³-hybridized carbons (Fsp3) is 0.690. The van der Waals surface area contributed by atoms with Crippen LogP contribution in [0.5, 0.6) is 5.75 Å². The summed E-state index contributed by atoms with van der Waals surface area (Å²) in [5.74, 6) is -2.52. The van der Waals surface area contributed by atoms with Crippen molar-refractivity contribution in [2.45, 2.75) is 127 Å². The number of carboxylic acid groups (broad SMARTS) is 2. The van der Waals surface area contributed by atoms with Crippen molar-refractivity contribution in [1.29, 1.82) is 0 Å². The summed E-state index contributed by atoms with van der Waals surface area (Å²) < 4.78 is 34.7. The predicted molar refractivity (Wildman–Crippen MR) is 151 cm³/mol. The van der Waals surface area contributed by atoms with Gasteiger partial charge in [-0.15, -0.1) is 6.42 Å². The van der Waals surface area contributed by atoms with Crippen molar-refractivity contribution in [3.63, 3.8) is 0 Å². The third-order valence-electron chi connectivity index (χ3n) is 6.24. The van der Waals surface area contributed by atoms with E-state index in [1.165, 1.54) is 89.9 Å². The maximum absolute atomic E-state index is 10.2. The van der Waals surface area contributed by atoms with Crippen molar-refractivity contribution in [3.8, 4) is 5.75 Å². The monoisotopic (exact) mass is 596 g/mol. The Morgan fingerprint density at radius 2 is 1.26 bits per heavy atom. The summed E-state index contributed by atoms with van der Waals surface area (Å²) in [6, 6.07) is 10.2. The molecule has 0 aliphatic rings. The van der Waals surface area contributed by atoms with Crippen molar-refractivity contribution in [3.05, 3.63) is 37.3 Å². The summed E-state index contributed by atoms with van der Waals surface area (Å²) >= 11 is 0. The van der Waals surface area contributed by atoms with Crippen molar-refractivity contribution in [2.75, 3.05) is 0 Å². The van der Waals surface area contributed by atoms with E-state index in [-0.39, 0.29) is 57.5 Å². The molecule has 10 heteroatoms. The maximum atomic E-state index is 10.2. The van der Waals surface area contributed by atoms with E-state index in [2.05, 4.69) is 13.8 Å². The predicted octanol–water partition coefficient (Wildman–Crippen LogP) is 4.34. The Labute approximate surface area is 278 Å². The van der Waals surface area contributed by atoms with Crippen LogP contribution < -0.4 is 56.1 Å². The van der Waals surface area contributed by atoms with Crippen LogP contribution in [0.3, 0.4) is 0 Å². The number of unbranched alkanes of at least 4 members (excludes halogenated alkanes) is 13. The van der Waals surface area contributed by atoms with Gasteiger partial charge in [-0.3, -0.25) is 14.1 Å². The van der Waals surface area contributed by atoms with E-state index in [1.807, 2.05) is 30.3 Å². The van der Waals surface area contributed by atoms with Crippen molar-refractivity contribution >= 4 is 22.1 Å². The van der Waals surface area contributed by atoms with E-state index in [4.69, 9.17) is 19.5 Å². The molecule has 0 fully saturated rings. The number of carbonyl (C=O) groups is 2. The van der Waals surface area contributed by atoms with Gasteiger partial charge in [0.25, 0.3) is 10.1 Å². The van der Waals surface area contributed by atoms with Gasteiger partial charge in [0, 0.05) is 0 Å². The zero-order valence-electron chi connectivity index (χ0n) is 24.1. The molecular weight excluding hydrogens is 547 g/mol. The molecule has 0 bridgehead atoms. The van der Waals surface area contributed by atoms with Gasteiger partial charge in [0.2, 0.25) is 0 Å². The molecule has 0 aliphatic heterocycles. The molecule has 0 spiro atoms. The minimum absolute atomic E-state index is 0. The number of para-hydroxylation sites is 1. The molecule has 2 atom stereocenters. The van der Waals surface area contributed by atoms with E-state index in [9.17, 15) is 18.0 Å². The van der Waals surface area contributed by atoms with Crippen LogP contribution in [0.2, 0.25) is 0 Å². The first-order chi connectivity index (χ1) is 18.1. The largest absolute Gasteiger partial charge is 1.00 e. The van der Waals surface area contributed by atoms with Gasteiger partial charge in [-0.2, -0.15) is 8.42 Å². The van der Waals surface area contributed by atoms with Gasteiger partial charge >= 0.3 is 63.3 Å². The van der Waals surface area contributed by atoms with E-state index in [0.717, 1.165) is 18.6 Å². The van der Waals surface area contributed by atoms with E-state index >= 15 is 0 Å². The Kier molecular flexibility index (Phi) is 27.5. The van der Waals surface area contributed by atoms with Crippen LogP contribution in [0.4, 0.5) is 0 Å². The molecule has 2 unspecified atom stereocenters. The average molecular weight is 597 g/mol. The van der Waals surface area contributed by atoms with Gasteiger partial charge in [-0.25, -0.2) is 0 Å². The second-order valence-electron chi connectivity index (χ2n) is 9.67. The van der Waals surface area contributed by atoms with Crippen LogP contribution in [0, 0.1) is 6.92 Å². The number of ether oxygens (including phenoxy) is 1. The molecule has 3 N–H and O–H groups in total. The number of hydrogen-bond acceptors (Lipinski definition) is 5. The molecule has 0 heterocycles. The molecule has 1 aromatic carbocycles. The molecule has 0 aliphatic carbocycles. The first-order valence-electron chi connectivity index (χ1n) is 14.0. The van der Waals surface area contributed by atoms with Crippen molar-refractivity contribution in [1.82, 2.24) is 0 Å². The van der Waals surface area contributed by atoms with E-state index in [0.29, 0.717) is 0 Å². The summed E-state index contributed by atoms with van der Waals surface area (Å²) in [5, 5.41) is 13.9. The Hall–Kier alpha value is -0.494. The average Bonchev–Trinajstić information content (AvgIpc) is 2.87. The molecule has 0 amide bonds. The fourth-order valence-electron chi connectivity index (χ4n) is 4.00. The molecular formula is C29H49KO8S. The van der Waals surface area contributed by atoms with E-state index < -0.39 is 33.7 Å². The van der Waals surface area contributed by atoms with Crippen LogP contribution in [0.15, 0.2) is 30.3 Å². The standard InChI is InChI=1S/C25H43O.C4H6O7S.K/c1-3-5-6-7-8-9-10-11-12-13-14-15-16-18-21-24(4-2)26-25-22-19-17-20-23-25;5-3(6)1-2(4(7)8)12(9,10)11;/h17,19-20,22-24H,2-16,18,21H2,1H3;2H,1H2,(H,5,6)(H,7,8)(H,9,10,11);/q-1;;+1. The summed E-state index contributed by atoms with van der Waals surface area (Å²) in [5.41, 5.74) is 0. The van der Waals surface area contributed by atoms with Crippen LogP contribution >= 0.6 is 0 Å². The molecule has 0 aromatic heterocycles. The second-order valence-corrected chi connectivity index (χ2v) is 11.3. The molecule has 0 saturated carbocycles. The molecule has 39 heavy (non-hydrogen) atoms. The number of rotatable bonds is 22. The first kappa shape index (κ1) is 40.6. The van der Waals surface area contributed by atoms with Gasteiger partial charge < -0.3 is 21.9 Å². The molecule has 1 rings (SSSR count). The van der Waals surface area contributed by atoms with Crippen LogP contribution in [-0.2, 0) is 19.7 Å². The summed E-state index contributed by atoms with van der Waals surface area (Å²) in [6.07, 6.45) is 20.9. The van der Waals surface area contributed by atoms with Crippen molar-refractivity contribution in [2.24, 2.45) is 0 Å². The van der Waals surface area contributed by atoms with Crippen molar-refractivity contribution < 1.29 is 88.9 Å². The third kappa shape index (κ3) is 25.0. The minimum Gasteiger partial charge on any atom is -0.493 e. The third-order valence-corrected chi connectivity index (χ3v) is 7.33. The van der Waals surface area contributed by atoms with Gasteiger partial charge in [-0.1, -0.05) is 109 Å². The Bertz CT molecular complexity index is 833. The summed E-state index contributed by atoms with van der Waals surface area (Å²) in [6.45, 7) is 6.33. The van der Waals surface area contributed by atoms with Crippen LogP contribution in [-0.4, -0.2) is 46.5 Å². The maximum Gasteiger partial charge on any atom is 1.00 e. The molecule has 220 valence electrons. The second kappa shape index (κ2) is 26.4. The summed E-state index contributed by atoms with van der Waals surface area (Å²) in [7, 11) is -4.84. The van der Waals surface area contributed by atoms with Crippen LogP contribution in [0.1, 0.15) is 116 Å². The zero-order valence-corrected chi connectivity index (χ0v) is 28.0. The smallest absolute Gasteiger partial charge is 0.493 e. The van der Waals surface area contributed by atoms with Gasteiger partial charge in [0.15, 0.2) is 5.25 Å². The molecule has 1 aromatic rings. The Balaban J connectivity index is 0. The summed E-state index contributed by atoms with van der Waals surface area (Å²) in [4.78, 5) is 20.0. The van der Waals surface area contributed by atoms with Gasteiger partial charge in [-0.05, 0) is 25.0 Å². The number of aliphatic carboxylic acids is 2. The normalized spacial score (nSPS) is 12.4. The van der Waals surface area contributed by atoms with Gasteiger partial charge in [0.1, 0.15) is 5.75 Å². The molecule has 0 saturated heterocycles.